The number of anilines is 1. The van der Waals surface area contributed by atoms with Gasteiger partial charge >= 0.3 is 123 Å². The van der Waals surface area contributed by atoms with E-state index in [1.807, 2.05) is 6.07 Å². The summed E-state index contributed by atoms with van der Waals surface area (Å²) in [5, 5.41) is 2.53. The molecule has 1 N–H and O–H groups in total. The Balaban J connectivity index is 2.15. The van der Waals surface area contributed by atoms with Gasteiger partial charge in [-0.05, 0) is 0 Å². The van der Waals surface area contributed by atoms with Crippen LogP contribution in [0.25, 0.3) is 0 Å². The van der Waals surface area contributed by atoms with E-state index >= 15 is 0 Å². The molecule has 1 fully saturated rings. The molecule has 0 radical (unpaired) electrons. The Kier molecular flexibility index (Phi) is 3.31. The number of nitrogens with zero attached hydrogens (tertiary/aromatic N) is 1. The van der Waals surface area contributed by atoms with Gasteiger partial charge in [0.2, 0.25) is 0 Å². The molecule has 1 saturated heterocycles. The van der Waals surface area contributed by atoms with Crippen LogP contribution >= 0.6 is 0 Å². The van der Waals surface area contributed by atoms with E-state index in [9.17, 15) is 9.59 Å². The van der Waals surface area contributed by atoms with Crippen LogP contribution in [0, 0.1) is 0 Å². The van der Waals surface area contributed by atoms with E-state index in [4.69, 9.17) is 0 Å². The van der Waals surface area contributed by atoms with E-state index in [0.717, 1.165) is 25.1 Å². The van der Waals surface area contributed by atoms with Gasteiger partial charge in [-0.15, -0.1) is 0 Å². The Morgan fingerprint density at radius 2 is 2.00 bits per heavy atom. The van der Waals surface area contributed by atoms with Crippen molar-refractivity contribution in [1.82, 2.24) is 5.32 Å². The monoisotopic (exact) mass is 380 g/mol. The van der Waals surface area contributed by atoms with Gasteiger partial charge in [0.15, 0.2) is 0 Å². The molecule has 106 valence electrons. The van der Waals surface area contributed by atoms with Crippen molar-refractivity contribution in [3.8, 4) is 0 Å². The fraction of sp³-hybridized carbons (Fsp3) is 0.467. The molecule has 2 aliphatic rings. The van der Waals surface area contributed by atoms with Crippen molar-refractivity contribution < 1.29 is 9.59 Å². The molecular weight excluding hydrogens is 359 g/mol. The van der Waals surface area contributed by atoms with Crippen LogP contribution in [0.3, 0.4) is 0 Å². The fourth-order valence-corrected chi connectivity index (χ4v) is 6.31. The molecule has 0 aromatic heterocycles. The molecule has 5 heteroatoms. The van der Waals surface area contributed by atoms with E-state index in [1.54, 1.807) is 0 Å². The van der Waals surface area contributed by atoms with Gasteiger partial charge in [0.1, 0.15) is 0 Å². The van der Waals surface area contributed by atoms with Crippen LogP contribution in [0.15, 0.2) is 18.2 Å². The second-order valence-electron chi connectivity index (χ2n) is 6.65. The molecule has 1 aromatic rings. The number of amides is 2. The molecule has 0 saturated carbocycles. The van der Waals surface area contributed by atoms with Gasteiger partial charge in [0.25, 0.3) is 0 Å². The third-order valence-electron chi connectivity index (χ3n) is 4.21. The number of hydrogen-bond acceptors (Lipinski definition) is 3. The number of benzene rings is 1. The molecule has 0 spiro atoms. The molecule has 0 bridgehead atoms. The molecule has 0 aliphatic carbocycles. The summed E-state index contributed by atoms with van der Waals surface area (Å²) >= 11 is -2.18. The van der Waals surface area contributed by atoms with Crippen LogP contribution in [0.5, 0.6) is 0 Å². The number of rotatable bonds is 1. The normalized spacial score (nSPS) is 22.1. The second-order valence-corrected chi connectivity index (χ2v) is 21.1. The van der Waals surface area contributed by atoms with Crippen molar-refractivity contribution in [3.63, 3.8) is 0 Å². The van der Waals surface area contributed by atoms with E-state index in [1.165, 1.54) is 3.58 Å². The fourth-order valence-electron chi connectivity index (χ4n) is 3.02. The van der Waals surface area contributed by atoms with Crippen molar-refractivity contribution in [2.75, 3.05) is 11.4 Å². The topological polar surface area (TPSA) is 49.4 Å². The average Bonchev–Trinajstić information content (AvgIpc) is 2.82. The Morgan fingerprint density at radius 1 is 1.25 bits per heavy atom. The first kappa shape index (κ1) is 13.9. The molecule has 2 heterocycles. The van der Waals surface area contributed by atoms with E-state index < -0.39 is 18.4 Å². The summed E-state index contributed by atoms with van der Waals surface area (Å²) in [5.74, 6) is -0.403. The van der Waals surface area contributed by atoms with Crippen molar-refractivity contribution >= 4 is 39.5 Å². The molecular formula is C15H20N2O2Sn. The third-order valence-corrected chi connectivity index (χ3v) is 10.0. The molecule has 1 atom stereocenters. The van der Waals surface area contributed by atoms with Crippen LogP contribution in [-0.4, -0.2) is 42.8 Å². The average molecular weight is 379 g/mol. The third kappa shape index (κ3) is 2.24. The summed E-state index contributed by atoms with van der Waals surface area (Å²) in [4.78, 5) is 33.5. The molecule has 2 amide bonds. The van der Waals surface area contributed by atoms with Gasteiger partial charge in [-0.2, -0.15) is 0 Å². The van der Waals surface area contributed by atoms with Crippen LogP contribution in [0.2, 0.25) is 14.8 Å². The number of carbonyl (C=O) groups is 2. The quantitative estimate of drug-likeness (QED) is 0.594. The molecule has 2 aliphatic heterocycles. The number of hydrogen-bond donors (Lipinski definition) is 1. The summed E-state index contributed by atoms with van der Waals surface area (Å²) in [6.45, 7) is 0.863. The van der Waals surface area contributed by atoms with Gasteiger partial charge in [0, 0.05) is 0 Å². The van der Waals surface area contributed by atoms with Gasteiger partial charge < -0.3 is 0 Å². The minimum absolute atomic E-state index is 0.149. The molecule has 1 aromatic carbocycles. The van der Waals surface area contributed by atoms with Gasteiger partial charge in [-0.25, -0.2) is 0 Å². The van der Waals surface area contributed by atoms with E-state index in [0.29, 0.717) is 5.56 Å². The van der Waals surface area contributed by atoms with Crippen molar-refractivity contribution in [1.29, 1.82) is 0 Å². The number of fused-ring (bicyclic) bond motifs is 3. The maximum atomic E-state index is 12.2. The van der Waals surface area contributed by atoms with Gasteiger partial charge in [0.05, 0.1) is 0 Å². The van der Waals surface area contributed by atoms with Crippen LogP contribution in [-0.2, 0) is 4.79 Å². The van der Waals surface area contributed by atoms with Gasteiger partial charge in [-0.1, -0.05) is 0 Å². The SMILES string of the molecule is [CH3][Sn]([CH3])([CH3])[c]1ccc2c(c1)N1CCC[C@@H]1C(=O)NC2=O. The zero-order valence-electron chi connectivity index (χ0n) is 12.2. The Bertz CT molecular complexity index is 592. The zero-order valence-corrected chi connectivity index (χ0v) is 15.0. The number of imide groups is 1. The first-order valence-electron chi connectivity index (χ1n) is 7.14. The maximum absolute atomic E-state index is 12.2. The van der Waals surface area contributed by atoms with Crippen molar-refractivity contribution in [2.45, 2.75) is 33.7 Å². The Morgan fingerprint density at radius 3 is 2.70 bits per heavy atom. The summed E-state index contributed by atoms with van der Waals surface area (Å²) in [6.07, 6.45) is 1.84. The predicted octanol–water partition coefficient (Wildman–Crippen LogP) is 1.47. The summed E-state index contributed by atoms with van der Waals surface area (Å²) in [7, 11) is 0. The van der Waals surface area contributed by atoms with Crippen molar-refractivity contribution in [2.24, 2.45) is 0 Å². The summed E-state index contributed by atoms with van der Waals surface area (Å²) < 4.78 is 1.39. The van der Waals surface area contributed by atoms with Gasteiger partial charge in [-0.3, -0.25) is 0 Å². The summed E-state index contributed by atoms with van der Waals surface area (Å²) in [5.41, 5.74) is 1.60. The second kappa shape index (κ2) is 4.75. The Labute approximate surface area is 123 Å². The van der Waals surface area contributed by atoms with E-state index in [2.05, 4.69) is 37.2 Å². The molecule has 20 heavy (non-hydrogen) atoms. The molecule has 0 unspecified atom stereocenters. The van der Waals surface area contributed by atoms with Crippen LogP contribution < -0.4 is 13.8 Å². The Hall–Kier alpha value is -1.04. The zero-order chi connectivity index (χ0) is 14.5. The summed E-state index contributed by atoms with van der Waals surface area (Å²) in [6, 6.07) is 5.97. The standard InChI is InChI=1S/C12H11N2O2.3CH3.Sn/c15-11-8-4-1-2-5-9(8)14-7-3-6-10(14)12(16)13-11;;;;/h1,4-5,10H,3,6-7H2,(H,13,15,16);3*1H3;/t10-;;;;/m1..../s1. The number of nitrogens with one attached hydrogen (secondary N) is 1. The van der Waals surface area contributed by atoms with Crippen LogP contribution in [0.4, 0.5) is 5.69 Å². The minimum atomic E-state index is -2.18. The van der Waals surface area contributed by atoms with Crippen LogP contribution in [0.1, 0.15) is 23.2 Å². The molecule has 3 rings (SSSR count). The van der Waals surface area contributed by atoms with Crippen molar-refractivity contribution in [3.05, 3.63) is 23.8 Å². The predicted molar refractivity (Wildman–Crippen MR) is 82.3 cm³/mol. The molecule has 4 nitrogen and oxygen atoms in total. The van der Waals surface area contributed by atoms with E-state index in [-0.39, 0.29) is 17.9 Å². The first-order chi connectivity index (χ1) is 9.38. The number of carbonyl (C=O) groups excluding carboxylic acids is 2. The first-order valence-corrected chi connectivity index (χ1v) is 17.1.